The first-order valence-electron chi connectivity index (χ1n) is 8.04. The van der Waals surface area contributed by atoms with Gasteiger partial charge in [-0.15, -0.1) is 0 Å². The first-order chi connectivity index (χ1) is 12.5. The quantitative estimate of drug-likeness (QED) is 0.629. The van der Waals surface area contributed by atoms with Crippen LogP contribution in [0.5, 0.6) is 17.2 Å². The molecule has 0 spiro atoms. The topological polar surface area (TPSA) is 47.6 Å². The van der Waals surface area contributed by atoms with Gasteiger partial charge in [0.15, 0.2) is 0 Å². The number of hydrogen-bond acceptors (Lipinski definition) is 3. The van der Waals surface area contributed by atoms with Crippen LogP contribution in [0.3, 0.4) is 0 Å². The van der Waals surface area contributed by atoms with Gasteiger partial charge in [0, 0.05) is 11.6 Å². The van der Waals surface area contributed by atoms with Crippen LogP contribution in [0.4, 0.5) is 5.69 Å². The second kappa shape index (κ2) is 7.93. The summed E-state index contributed by atoms with van der Waals surface area (Å²) in [5.74, 6) is 1.76. The van der Waals surface area contributed by atoms with E-state index in [1.807, 2.05) is 31.2 Å². The molecule has 132 valence electrons. The number of ether oxygens (including phenoxy) is 2. The molecule has 0 saturated carbocycles. The second-order valence-electron chi connectivity index (χ2n) is 5.74. The van der Waals surface area contributed by atoms with Crippen LogP contribution >= 0.6 is 11.6 Å². The Bertz CT molecular complexity index is 906. The van der Waals surface area contributed by atoms with Gasteiger partial charge >= 0.3 is 0 Å². The molecule has 26 heavy (non-hydrogen) atoms. The molecule has 3 aromatic carbocycles. The van der Waals surface area contributed by atoms with E-state index in [-0.39, 0.29) is 5.91 Å². The SMILES string of the molecule is COc1ccc(Cl)c(NC(=O)c2ccc(Oc3ccc(C)cc3)cc2)c1. The summed E-state index contributed by atoms with van der Waals surface area (Å²) in [7, 11) is 1.56. The molecule has 0 aliphatic carbocycles. The highest BCUT2D eigenvalue weighted by molar-refractivity contribution is 6.34. The zero-order valence-electron chi connectivity index (χ0n) is 14.5. The summed E-state index contributed by atoms with van der Waals surface area (Å²) in [4.78, 5) is 12.4. The molecular formula is C21H18ClNO3. The lowest BCUT2D eigenvalue weighted by Gasteiger charge is -2.10. The van der Waals surface area contributed by atoms with Crippen LogP contribution in [0.2, 0.25) is 5.02 Å². The fourth-order valence-corrected chi connectivity index (χ4v) is 2.50. The third kappa shape index (κ3) is 4.35. The van der Waals surface area contributed by atoms with Gasteiger partial charge in [0.05, 0.1) is 17.8 Å². The number of rotatable bonds is 5. The van der Waals surface area contributed by atoms with E-state index >= 15 is 0 Å². The van der Waals surface area contributed by atoms with E-state index in [4.69, 9.17) is 21.1 Å². The molecule has 0 unspecified atom stereocenters. The molecule has 4 nitrogen and oxygen atoms in total. The van der Waals surface area contributed by atoms with Crippen LogP contribution in [0.1, 0.15) is 15.9 Å². The maximum absolute atomic E-state index is 12.4. The fraction of sp³-hybridized carbons (Fsp3) is 0.0952. The predicted molar refractivity (Wildman–Crippen MR) is 104 cm³/mol. The van der Waals surface area contributed by atoms with Crippen LogP contribution in [0, 0.1) is 6.92 Å². The molecule has 0 aliphatic rings. The first-order valence-corrected chi connectivity index (χ1v) is 8.42. The summed E-state index contributed by atoms with van der Waals surface area (Å²) < 4.78 is 10.9. The summed E-state index contributed by atoms with van der Waals surface area (Å²) >= 11 is 6.12. The van der Waals surface area contributed by atoms with Crippen molar-refractivity contribution in [3.05, 3.63) is 82.9 Å². The number of anilines is 1. The molecule has 0 saturated heterocycles. The van der Waals surface area contributed by atoms with Crippen molar-refractivity contribution < 1.29 is 14.3 Å². The number of carbonyl (C=O) groups is 1. The highest BCUT2D eigenvalue weighted by atomic mass is 35.5. The minimum absolute atomic E-state index is 0.262. The van der Waals surface area contributed by atoms with E-state index in [1.165, 1.54) is 5.56 Å². The van der Waals surface area contributed by atoms with Crippen molar-refractivity contribution >= 4 is 23.2 Å². The number of aryl methyl sites for hydroxylation is 1. The Kier molecular flexibility index (Phi) is 5.44. The zero-order chi connectivity index (χ0) is 18.5. The molecule has 0 bridgehead atoms. The number of methoxy groups -OCH3 is 1. The van der Waals surface area contributed by atoms with Crippen molar-refractivity contribution in [3.63, 3.8) is 0 Å². The summed E-state index contributed by atoms with van der Waals surface area (Å²) in [5, 5.41) is 3.23. The van der Waals surface area contributed by atoms with Gasteiger partial charge < -0.3 is 14.8 Å². The van der Waals surface area contributed by atoms with Crippen molar-refractivity contribution in [1.82, 2.24) is 0 Å². The minimum Gasteiger partial charge on any atom is -0.497 e. The molecule has 3 aromatic rings. The summed E-state index contributed by atoms with van der Waals surface area (Å²) in [6.07, 6.45) is 0. The lowest BCUT2D eigenvalue weighted by Crippen LogP contribution is -2.12. The van der Waals surface area contributed by atoms with Crippen LogP contribution in [0.15, 0.2) is 66.7 Å². The fourth-order valence-electron chi connectivity index (χ4n) is 2.34. The maximum atomic E-state index is 12.4. The van der Waals surface area contributed by atoms with Crippen molar-refractivity contribution in [2.24, 2.45) is 0 Å². The Morgan fingerprint density at radius 1 is 0.885 bits per heavy atom. The van der Waals surface area contributed by atoms with E-state index in [9.17, 15) is 4.79 Å². The van der Waals surface area contributed by atoms with Crippen molar-refractivity contribution in [2.45, 2.75) is 6.92 Å². The number of carbonyl (C=O) groups excluding carboxylic acids is 1. The van der Waals surface area contributed by atoms with Crippen LogP contribution in [-0.2, 0) is 0 Å². The van der Waals surface area contributed by atoms with Gasteiger partial charge in [-0.2, -0.15) is 0 Å². The van der Waals surface area contributed by atoms with Gasteiger partial charge in [0.25, 0.3) is 5.91 Å². The average molecular weight is 368 g/mol. The Hall–Kier alpha value is -2.98. The Morgan fingerprint density at radius 2 is 1.46 bits per heavy atom. The van der Waals surface area contributed by atoms with Gasteiger partial charge in [-0.1, -0.05) is 29.3 Å². The standard InChI is InChI=1S/C21H18ClNO3/c1-14-3-7-16(8-4-14)26-17-9-5-15(6-10-17)21(24)23-20-13-18(25-2)11-12-19(20)22/h3-13H,1-2H3,(H,23,24). The number of benzene rings is 3. The van der Waals surface area contributed by atoms with E-state index in [0.717, 1.165) is 5.75 Å². The van der Waals surface area contributed by atoms with E-state index in [2.05, 4.69) is 5.32 Å². The number of hydrogen-bond donors (Lipinski definition) is 1. The smallest absolute Gasteiger partial charge is 0.255 e. The largest absolute Gasteiger partial charge is 0.497 e. The first kappa shape index (κ1) is 17.8. The second-order valence-corrected chi connectivity index (χ2v) is 6.15. The molecule has 1 N–H and O–H groups in total. The van der Waals surface area contributed by atoms with Gasteiger partial charge in [0.1, 0.15) is 17.2 Å². The molecular weight excluding hydrogens is 350 g/mol. The van der Waals surface area contributed by atoms with Crippen molar-refractivity contribution in [2.75, 3.05) is 12.4 Å². The van der Waals surface area contributed by atoms with E-state index in [1.54, 1.807) is 49.6 Å². The Balaban J connectivity index is 1.70. The van der Waals surface area contributed by atoms with E-state index < -0.39 is 0 Å². The van der Waals surface area contributed by atoms with Crippen molar-refractivity contribution in [1.29, 1.82) is 0 Å². The minimum atomic E-state index is -0.262. The molecule has 0 atom stereocenters. The lowest BCUT2D eigenvalue weighted by atomic mass is 10.2. The Labute approximate surface area is 157 Å². The lowest BCUT2D eigenvalue weighted by molar-refractivity contribution is 0.102. The molecule has 0 aliphatic heterocycles. The molecule has 1 amide bonds. The molecule has 0 aromatic heterocycles. The maximum Gasteiger partial charge on any atom is 0.255 e. The van der Waals surface area contributed by atoms with Crippen LogP contribution in [0.25, 0.3) is 0 Å². The molecule has 0 heterocycles. The third-order valence-electron chi connectivity index (χ3n) is 3.79. The normalized spacial score (nSPS) is 10.3. The number of halogens is 1. The van der Waals surface area contributed by atoms with Gasteiger partial charge in [-0.05, 0) is 55.5 Å². The summed E-state index contributed by atoms with van der Waals surface area (Å²) in [6, 6.07) is 19.8. The van der Waals surface area contributed by atoms with Gasteiger partial charge in [-0.25, -0.2) is 0 Å². The monoisotopic (exact) mass is 367 g/mol. The number of nitrogens with one attached hydrogen (secondary N) is 1. The summed E-state index contributed by atoms with van der Waals surface area (Å²) in [6.45, 7) is 2.02. The van der Waals surface area contributed by atoms with Crippen LogP contribution in [-0.4, -0.2) is 13.0 Å². The third-order valence-corrected chi connectivity index (χ3v) is 4.12. The molecule has 0 radical (unpaired) electrons. The predicted octanol–water partition coefficient (Wildman–Crippen LogP) is 5.70. The highest BCUT2D eigenvalue weighted by Crippen LogP contribution is 2.27. The highest BCUT2D eigenvalue weighted by Gasteiger charge is 2.10. The van der Waals surface area contributed by atoms with E-state index in [0.29, 0.717) is 27.8 Å². The molecule has 3 rings (SSSR count). The number of amides is 1. The summed E-state index contributed by atoms with van der Waals surface area (Å²) in [5.41, 5.74) is 2.16. The Morgan fingerprint density at radius 3 is 2.08 bits per heavy atom. The molecule has 5 heteroatoms. The molecule has 0 fully saturated rings. The van der Waals surface area contributed by atoms with Gasteiger partial charge in [0.2, 0.25) is 0 Å². The zero-order valence-corrected chi connectivity index (χ0v) is 15.2. The van der Waals surface area contributed by atoms with Gasteiger partial charge in [-0.3, -0.25) is 4.79 Å². The van der Waals surface area contributed by atoms with Crippen LogP contribution < -0.4 is 14.8 Å². The van der Waals surface area contributed by atoms with Crippen molar-refractivity contribution in [3.8, 4) is 17.2 Å². The average Bonchev–Trinajstić information content (AvgIpc) is 2.66.